The molecule has 2 nitrogen and oxygen atoms in total. The van der Waals surface area contributed by atoms with Gasteiger partial charge in [0.15, 0.2) is 0 Å². The van der Waals surface area contributed by atoms with Crippen LogP contribution in [0.2, 0.25) is 0 Å². The third kappa shape index (κ3) is 3.96. The van der Waals surface area contributed by atoms with Crippen molar-refractivity contribution >= 4 is 0 Å². The fourth-order valence-corrected chi connectivity index (χ4v) is 1.69. The topological polar surface area (TPSA) is 32.3 Å². The van der Waals surface area contributed by atoms with Gasteiger partial charge in [0.05, 0.1) is 5.54 Å². The van der Waals surface area contributed by atoms with E-state index in [1.54, 1.807) is 12.1 Å². The number of terminal acetylenes is 1. The average molecular weight is 217 g/mol. The molecular weight excluding hydrogens is 198 g/mol. The Morgan fingerprint density at radius 2 is 1.94 bits per heavy atom. The van der Waals surface area contributed by atoms with Crippen LogP contribution in [0.4, 0.5) is 0 Å². The lowest BCUT2D eigenvalue weighted by molar-refractivity contribution is 0.420. The molecule has 0 bridgehead atoms. The van der Waals surface area contributed by atoms with E-state index >= 15 is 0 Å². The first-order chi connectivity index (χ1) is 7.43. The van der Waals surface area contributed by atoms with Crippen LogP contribution in [-0.4, -0.2) is 16.7 Å². The van der Waals surface area contributed by atoms with Crippen molar-refractivity contribution in [1.29, 1.82) is 0 Å². The first-order valence-electron chi connectivity index (χ1n) is 5.46. The molecule has 0 heterocycles. The van der Waals surface area contributed by atoms with Gasteiger partial charge in [0, 0.05) is 6.04 Å². The van der Waals surface area contributed by atoms with E-state index in [1.165, 1.54) is 5.56 Å². The summed E-state index contributed by atoms with van der Waals surface area (Å²) in [5.41, 5.74) is 0.904. The van der Waals surface area contributed by atoms with E-state index in [9.17, 15) is 5.11 Å². The van der Waals surface area contributed by atoms with Gasteiger partial charge in [-0.15, -0.1) is 6.42 Å². The van der Waals surface area contributed by atoms with Crippen molar-refractivity contribution in [2.45, 2.75) is 38.8 Å². The summed E-state index contributed by atoms with van der Waals surface area (Å²) in [6.07, 6.45) is 6.32. The molecule has 86 valence electrons. The maximum absolute atomic E-state index is 9.17. The Morgan fingerprint density at radius 3 is 2.44 bits per heavy atom. The molecule has 1 unspecified atom stereocenters. The second kappa shape index (κ2) is 5.05. The van der Waals surface area contributed by atoms with Crippen LogP contribution in [0.15, 0.2) is 24.3 Å². The summed E-state index contributed by atoms with van der Waals surface area (Å²) in [5, 5.41) is 12.5. The fraction of sp³-hybridized carbons (Fsp3) is 0.429. The maximum atomic E-state index is 9.17. The maximum Gasteiger partial charge on any atom is 0.115 e. The quantitative estimate of drug-likeness (QED) is 0.759. The summed E-state index contributed by atoms with van der Waals surface area (Å²) < 4.78 is 0. The molecule has 2 N–H and O–H groups in total. The summed E-state index contributed by atoms with van der Waals surface area (Å²) in [5.74, 6) is 3.02. The first kappa shape index (κ1) is 12.6. The van der Waals surface area contributed by atoms with E-state index in [2.05, 4.69) is 18.2 Å². The number of aromatic hydroxyl groups is 1. The van der Waals surface area contributed by atoms with Crippen LogP contribution in [0.25, 0.3) is 0 Å². The molecule has 0 fully saturated rings. The Morgan fingerprint density at radius 1 is 1.38 bits per heavy atom. The molecule has 0 aliphatic heterocycles. The highest BCUT2D eigenvalue weighted by Crippen LogP contribution is 2.12. The van der Waals surface area contributed by atoms with Gasteiger partial charge in [0.25, 0.3) is 0 Å². The lowest BCUT2D eigenvalue weighted by atomic mass is 10.0. The minimum absolute atomic E-state index is 0.281. The fourth-order valence-electron chi connectivity index (χ4n) is 1.69. The molecule has 2 heteroatoms. The summed E-state index contributed by atoms with van der Waals surface area (Å²) in [6, 6.07) is 7.56. The molecule has 0 saturated heterocycles. The van der Waals surface area contributed by atoms with Gasteiger partial charge in [-0.1, -0.05) is 18.1 Å². The number of hydrogen-bond donors (Lipinski definition) is 2. The minimum Gasteiger partial charge on any atom is -0.508 e. The van der Waals surface area contributed by atoms with Gasteiger partial charge < -0.3 is 5.11 Å². The van der Waals surface area contributed by atoms with Crippen LogP contribution in [0.1, 0.15) is 26.3 Å². The normalized spacial score (nSPS) is 13.1. The largest absolute Gasteiger partial charge is 0.508 e. The summed E-state index contributed by atoms with van der Waals surface area (Å²) in [7, 11) is 0. The van der Waals surface area contributed by atoms with Crippen molar-refractivity contribution in [2.24, 2.45) is 0 Å². The Hall–Kier alpha value is -1.46. The number of phenolic OH excluding ortho intramolecular Hbond substituents is 1. The third-order valence-corrected chi connectivity index (χ3v) is 2.45. The monoisotopic (exact) mass is 217 g/mol. The molecule has 0 aliphatic rings. The van der Waals surface area contributed by atoms with Crippen molar-refractivity contribution in [3.05, 3.63) is 29.8 Å². The Labute approximate surface area is 97.7 Å². The highest BCUT2D eigenvalue weighted by Gasteiger charge is 2.16. The predicted molar refractivity (Wildman–Crippen MR) is 67.3 cm³/mol. The van der Waals surface area contributed by atoms with Crippen molar-refractivity contribution in [3.63, 3.8) is 0 Å². The summed E-state index contributed by atoms with van der Waals surface area (Å²) in [4.78, 5) is 0. The molecule has 1 aromatic carbocycles. The van der Waals surface area contributed by atoms with E-state index in [-0.39, 0.29) is 5.54 Å². The lowest BCUT2D eigenvalue weighted by Gasteiger charge is -2.25. The molecule has 0 aromatic heterocycles. The smallest absolute Gasteiger partial charge is 0.115 e. The summed E-state index contributed by atoms with van der Waals surface area (Å²) in [6.45, 7) is 6.08. The third-order valence-electron chi connectivity index (χ3n) is 2.45. The molecular formula is C14H19NO. The van der Waals surface area contributed by atoms with Gasteiger partial charge in [0.1, 0.15) is 5.75 Å². The van der Waals surface area contributed by atoms with Gasteiger partial charge >= 0.3 is 0 Å². The van der Waals surface area contributed by atoms with Crippen LogP contribution < -0.4 is 5.32 Å². The number of nitrogens with one attached hydrogen (secondary N) is 1. The second-order valence-corrected chi connectivity index (χ2v) is 4.69. The highest BCUT2D eigenvalue weighted by atomic mass is 16.3. The lowest BCUT2D eigenvalue weighted by Crippen LogP contribution is -2.44. The number of phenols is 1. The Balaban J connectivity index is 2.55. The zero-order valence-corrected chi connectivity index (χ0v) is 10.1. The molecule has 1 aromatic rings. The van der Waals surface area contributed by atoms with Crippen LogP contribution in [0.5, 0.6) is 5.75 Å². The van der Waals surface area contributed by atoms with E-state index in [1.807, 2.05) is 26.0 Å². The van der Waals surface area contributed by atoms with Gasteiger partial charge in [-0.3, -0.25) is 5.32 Å². The van der Waals surface area contributed by atoms with Crippen molar-refractivity contribution in [3.8, 4) is 18.1 Å². The van der Waals surface area contributed by atoms with E-state index < -0.39 is 0 Å². The molecule has 0 amide bonds. The molecule has 0 aliphatic carbocycles. The van der Waals surface area contributed by atoms with E-state index in [4.69, 9.17) is 6.42 Å². The average Bonchev–Trinajstić information content (AvgIpc) is 2.21. The standard InChI is InChI=1S/C14H19NO/c1-5-14(3,4)15-11(2)10-12-6-8-13(16)9-7-12/h1,6-9,11,15-16H,10H2,2-4H3. The minimum atomic E-state index is -0.281. The first-order valence-corrected chi connectivity index (χ1v) is 5.46. The summed E-state index contributed by atoms with van der Waals surface area (Å²) >= 11 is 0. The van der Waals surface area contributed by atoms with Crippen LogP contribution in [-0.2, 0) is 6.42 Å². The van der Waals surface area contributed by atoms with Gasteiger partial charge in [0.2, 0.25) is 0 Å². The predicted octanol–water partition coefficient (Wildman–Crippen LogP) is 2.32. The second-order valence-electron chi connectivity index (χ2n) is 4.69. The van der Waals surface area contributed by atoms with Gasteiger partial charge in [-0.2, -0.15) is 0 Å². The van der Waals surface area contributed by atoms with Crippen LogP contribution >= 0.6 is 0 Å². The van der Waals surface area contributed by atoms with Crippen LogP contribution in [0.3, 0.4) is 0 Å². The molecule has 0 radical (unpaired) electrons. The molecule has 1 rings (SSSR count). The Kier molecular flexibility index (Phi) is 3.98. The Bertz CT molecular complexity index is 373. The molecule has 1 atom stereocenters. The number of benzene rings is 1. The van der Waals surface area contributed by atoms with E-state index in [0.717, 1.165) is 6.42 Å². The van der Waals surface area contributed by atoms with Crippen molar-refractivity contribution in [2.75, 3.05) is 0 Å². The van der Waals surface area contributed by atoms with Crippen LogP contribution in [0, 0.1) is 12.3 Å². The highest BCUT2D eigenvalue weighted by molar-refractivity contribution is 5.26. The van der Waals surface area contributed by atoms with Crippen molar-refractivity contribution < 1.29 is 5.11 Å². The zero-order chi connectivity index (χ0) is 12.2. The van der Waals surface area contributed by atoms with E-state index in [0.29, 0.717) is 11.8 Å². The zero-order valence-electron chi connectivity index (χ0n) is 10.1. The SMILES string of the molecule is C#CC(C)(C)NC(C)Cc1ccc(O)cc1. The number of hydrogen-bond acceptors (Lipinski definition) is 2. The van der Waals surface area contributed by atoms with Gasteiger partial charge in [-0.25, -0.2) is 0 Å². The number of rotatable bonds is 4. The molecule has 0 spiro atoms. The molecule has 16 heavy (non-hydrogen) atoms. The molecule has 0 saturated carbocycles. The van der Waals surface area contributed by atoms with Gasteiger partial charge in [-0.05, 0) is 44.9 Å². The van der Waals surface area contributed by atoms with Crippen molar-refractivity contribution in [1.82, 2.24) is 5.32 Å².